The smallest absolute Gasteiger partial charge is 0.413 e. The number of morpholine rings is 1. The molecule has 0 aliphatic carbocycles. The lowest BCUT2D eigenvalue weighted by Gasteiger charge is -2.26. The number of carbonyl (C=O) groups is 1. The molecule has 2 aromatic rings. The van der Waals surface area contributed by atoms with Crippen LogP contribution >= 0.6 is 0 Å². The highest BCUT2D eigenvalue weighted by Crippen LogP contribution is 2.04. The molecule has 1 aromatic heterocycles. The van der Waals surface area contributed by atoms with Crippen LogP contribution in [0, 0.1) is 0 Å². The number of ether oxygens (including phenoxy) is 2. The Bertz CT molecular complexity index is 837. The molecule has 2 N–H and O–H groups in total. The van der Waals surface area contributed by atoms with E-state index in [4.69, 9.17) is 9.47 Å². The minimum absolute atomic E-state index is 0.155. The van der Waals surface area contributed by atoms with Gasteiger partial charge < -0.3 is 14.8 Å². The van der Waals surface area contributed by atoms with Crippen molar-refractivity contribution in [3.63, 3.8) is 0 Å². The van der Waals surface area contributed by atoms with E-state index in [0.29, 0.717) is 6.54 Å². The molecule has 0 unspecified atom stereocenters. The number of nitrogens with one attached hydrogen (secondary N) is 2. The summed E-state index contributed by atoms with van der Waals surface area (Å²) in [4.78, 5) is 30.3. The number of nitrogens with zero attached hydrogens (tertiary/aromatic N) is 3. The summed E-state index contributed by atoms with van der Waals surface area (Å²) in [5.41, 5.74) is 0.485. The summed E-state index contributed by atoms with van der Waals surface area (Å²) >= 11 is 0. The van der Waals surface area contributed by atoms with Crippen LogP contribution < -0.4 is 16.3 Å². The average molecular weight is 415 g/mol. The number of carbonyl (C=O) groups excluding carboxylic acids is 1. The van der Waals surface area contributed by atoms with Crippen LogP contribution in [0.25, 0.3) is 0 Å². The maximum atomic E-state index is 12.1. The van der Waals surface area contributed by atoms with Gasteiger partial charge in [-0.3, -0.25) is 14.8 Å². The van der Waals surface area contributed by atoms with Crippen molar-refractivity contribution >= 4 is 11.9 Å². The van der Waals surface area contributed by atoms with E-state index in [1.54, 1.807) is 12.3 Å². The first-order chi connectivity index (χ1) is 14.7. The molecule has 1 aliphatic rings. The number of aromatic nitrogens is 2. The van der Waals surface area contributed by atoms with Crippen molar-refractivity contribution in [3.05, 3.63) is 58.6 Å². The van der Waals surface area contributed by atoms with Crippen LogP contribution in [-0.2, 0) is 22.6 Å². The van der Waals surface area contributed by atoms with E-state index in [2.05, 4.69) is 20.5 Å². The molecular weight excluding hydrogens is 386 g/mol. The van der Waals surface area contributed by atoms with E-state index in [1.807, 2.05) is 30.3 Å². The number of amides is 1. The SMILES string of the molecule is O=C(Nc1ccn(CCCNCCN2CCOCC2)c(=O)n1)OCc1ccccc1. The summed E-state index contributed by atoms with van der Waals surface area (Å²) in [5.74, 6) is 0.179. The highest BCUT2D eigenvalue weighted by atomic mass is 16.5. The van der Waals surface area contributed by atoms with E-state index >= 15 is 0 Å². The number of benzene rings is 1. The van der Waals surface area contributed by atoms with Crippen molar-refractivity contribution in [1.82, 2.24) is 19.8 Å². The number of anilines is 1. The third-order valence-corrected chi connectivity index (χ3v) is 4.78. The lowest BCUT2D eigenvalue weighted by Crippen LogP contribution is -2.40. The Kier molecular flexibility index (Phi) is 8.82. The van der Waals surface area contributed by atoms with Gasteiger partial charge in [-0.25, -0.2) is 9.59 Å². The van der Waals surface area contributed by atoms with Gasteiger partial charge in [-0.2, -0.15) is 4.98 Å². The lowest BCUT2D eigenvalue weighted by molar-refractivity contribution is 0.0384. The van der Waals surface area contributed by atoms with Gasteiger partial charge in [0.2, 0.25) is 0 Å². The Balaban J connectivity index is 1.33. The lowest BCUT2D eigenvalue weighted by atomic mass is 10.2. The Hall–Kier alpha value is -2.75. The molecule has 0 radical (unpaired) electrons. The zero-order chi connectivity index (χ0) is 21.0. The number of aryl methyl sites for hydroxylation is 1. The molecule has 9 nitrogen and oxygen atoms in total. The highest BCUT2D eigenvalue weighted by Gasteiger charge is 2.09. The molecule has 0 saturated carbocycles. The molecule has 1 saturated heterocycles. The Morgan fingerprint density at radius 1 is 1.10 bits per heavy atom. The number of hydrogen-bond donors (Lipinski definition) is 2. The van der Waals surface area contributed by atoms with Gasteiger partial charge in [0, 0.05) is 38.9 Å². The van der Waals surface area contributed by atoms with Crippen molar-refractivity contribution in [3.8, 4) is 0 Å². The maximum absolute atomic E-state index is 12.1. The van der Waals surface area contributed by atoms with Gasteiger partial charge in [0.15, 0.2) is 0 Å². The van der Waals surface area contributed by atoms with E-state index in [-0.39, 0.29) is 12.4 Å². The van der Waals surface area contributed by atoms with E-state index in [0.717, 1.165) is 57.9 Å². The quantitative estimate of drug-likeness (QED) is 0.565. The molecule has 1 aromatic carbocycles. The topological polar surface area (TPSA) is 97.7 Å². The van der Waals surface area contributed by atoms with Crippen molar-refractivity contribution in [2.45, 2.75) is 19.6 Å². The fraction of sp³-hybridized carbons (Fsp3) is 0.476. The summed E-state index contributed by atoms with van der Waals surface area (Å²) in [6, 6.07) is 11.0. The van der Waals surface area contributed by atoms with Crippen LogP contribution in [0.4, 0.5) is 10.6 Å². The highest BCUT2D eigenvalue weighted by molar-refractivity contribution is 5.83. The fourth-order valence-corrected chi connectivity index (χ4v) is 3.09. The predicted octanol–water partition coefficient (Wildman–Crippen LogP) is 1.30. The normalized spacial score (nSPS) is 14.4. The van der Waals surface area contributed by atoms with E-state index < -0.39 is 11.8 Å². The van der Waals surface area contributed by atoms with Crippen LogP contribution in [0.1, 0.15) is 12.0 Å². The van der Waals surface area contributed by atoms with Gasteiger partial charge in [-0.1, -0.05) is 30.3 Å². The van der Waals surface area contributed by atoms with E-state index in [9.17, 15) is 9.59 Å². The number of hydrogen-bond acceptors (Lipinski definition) is 7. The molecule has 1 aliphatic heterocycles. The summed E-state index contributed by atoms with van der Waals surface area (Å²) in [7, 11) is 0. The second kappa shape index (κ2) is 12.1. The van der Waals surface area contributed by atoms with Gasteiger partial charge in [0.25, 0.3) is 0 Å². The summed E-state index contributed by atoms with van der Waals surface area (Å²) in [6.07, 6.45) is 1.81. The van der Waals surface area contributed by atoms with Crippen LogP contribution in [0.15, 0.2) is 47.4 Å². The third kappa shape index (κ3) is 7.58. The molecule has 1 amide bonds. The summed E-state index contributed by atoms with van der Waals surface area (Å²) in [5, 5.41) is 5.88. The monoisotopic (exact) mass is 415 g/mol. The standard InChI is InChI=1S/C21H29N5O4/c27-20-23-19(24-21(28)30-17-18-5-2-1-3-6-18)7-11-26(20)10-4-8-22-9-12-25-13-15-29-16-14-25/h1-3,5-7,11,22H,4,8-10,12-17H2,(H,23,24,27,28). The van der Waals surface area contributed by atoms with Gasteiger partial charge in [0.1, 0.15) is 12.4 Å². The zero-order valence-electron chi connectivity index (χ0n) is 17.1. The summed E-state index contributed by atoms with van der Waals surface area (Å²) in [6.45, 7) is 7.07. The van der Waals surface area contributed by atoms with E-state index in [1.165, 1.54) is 4.57 Å². The average Bonchev–Trinajstić information content (AvgIpc) is 2.77. The first-order valence-corrected chi connectivity index (χ1v) is 10.3. The molecular formula is C21H29N5O4. The second-order valence-electron chi connectivity index (χ2n) is 7.03. The fourth-order valence-electron chi connectivity index (χ4n) is 3.09. The minimum Gasteiger partial charge on any atom is -0.444 e. The van der Waals surface area contributed by atoms with Gasteiger partial charge in [-0.05, 0) is 24.6 Å². The molecule has 2 heterocycles. The molecule has 162 valence electrons. The Labute approximate surface area is 176 Å². The molecule has 3 rings (SSSR count). The predicted molar refractivity (Wildman–Crippen MR) is 113 cm³/mol. The van der Waals surface area contributed by atoms with Gasteiger partial charge in [0.05, 0.1) is 13.2 Å². The van der Waals surface area contributed by atoms with Crippen LogP contribution in [0.5, 0.6) is 0 Å². The minimum atomic E-state index is -0.645. The summed E-state index contributed by atoms with van der Waals surface area (Å²) < 4.78 is 12.0. The van der Waals surface area contributed by atoms with Crippen molar-refractivity contribution in [2.24, 2.45) is 0 Å². The largest absolute Gasteiger partial charge is 0.444 e. The van der Waals surface area contributed by atoms with Crippen LogP contribution in [-0.4, -0.2) is 66.5 Å². The molecule has 30 heavy (non-hydrogen) atoms. The first kappa shape index (κ1) is 21.9. The van der Waals surface area contributed by atoms with Crippen molar-refractivity contribution < 1.29 is 14.3 Å². The Morgan fingerprint density at radius 2 is 1.90 bits per heavy atom. The van der Waals surface area contributed by atoms with Crippen LogP contribution in [0.3, 0.4) is 0 Å². The van der Waals surface area contributed by atoms with Crippen molar-refractivity contribution in [2.75, 3.05) is 51.3 Å². The van der Waals surface area contributed by atoms with Crippen molar-refractivity contribution in [1.29, 1.82) is 0 Å². The zero-order valence-corrected chi connectivity index (χ0v) is 17.1. The molecule has 1 fully saturated rings. The molecule has 9 heteroatoms. The second-order valence-corrected chi connectivity index (χ2v) is 7.03. The maximum Gasteiger partial charge on any atom is 0.413 e. The number of rotatable bonds is 10. The van der Waals surface area contributed by atoms with Gasteiger partial charge >= 0.3 is 11.8 Å². The molecule has 0 spiro atoms. The van der Waals surface area contributed by atoms with Gasteiger partial charge in [-0.15, -0.1) is 0 Å². The Morgan fingerprint density at radius 3 is 2.67 bits per heavy atom. The molecule has 0 bridgehead atoms. The van der Waals surface area contributed by atoms with Crippen LogP contribution in [0.2, 0.25) is 0 Å². The molecule has 0 atom stereocenters. The third-order valence-electron chi connectivity index (χ3n) is 4.78. The first-order valence-electron chi connectivity index (χ1n) is 10.3.